The molecule has 1 fully saturated rings. The second kappa shape index (κ2) is 7.36. The minimum absolute atomic E-state index is 0.385. The van der Waals surface area contributed by atoms with E-state index in [0.717, 1.165) is 18.1 Å². The predicted octanol–water partition coefficient (Wildman–Crippen LogP) is 3.31. The minimum atomic E-state index is 0.385. The van der Waals surface area contributed by atoms with Gasteiger partial charge in [-0.3, -0.25) is 11.3 Å². The molecule has 4 atom stereocenters. The zero-order chi connectivity index (χ0) is 13.8. The maximum atomic E-state index is 5.80. The summed E-state index contributed by atoms with van der Waals surface area (Å²) in [5, 5.41) is 2.09. The van der Waals surface area contributed by atoms with Crippen LogP contribution >= 0.6 is 34.9 Å². The van der Waals surface area contributed by atoms with Gasteiger partial charge in [0.1, 0.15) is 0 Å². The number of nitrogens with one attached hydrogen (secondary N) is 1. The van der Waals surface area contributed by atoms with Crippen molar-refractivity contribution in [3.63, 3.8) is 0 Å². The third-order valence-corrected chi connectivity index (χ3v) is 8.53. The highest BCUT2D eigenvalue weighted by Gasteiger charge is 2.31. The van der Waals surface area contributed by atoms with Crippen LogP contribution in [0.3, 0.4) is 0 Å². The van der Waals surface area contributed by atoms with E-state index in [0.29, 0.717) is 16.5 Å². The van der Waals surface area contributed by atoms with E-state index in [1.807, 2.05) is 11.3 Å². The lowest BCUT2D eigenvalue weighted by atomic mass is 10.1. The summed E-state index contributed by atoms with van der Waals surface area (Å²) in [6.07, 6.45) is 2.19. The van der Waals surface area contributed by atoms with Crippen LogP contribution < -0.4 is 11.3 Å². The lowest BCUT2D eigenvalue weighted by Crippen LogP contribution is -2.47. The van der Waals surface area contributed by atoms with E-state index in [1.165, 1.54) is 15.5 Å². The molecule has 4 unspecified atom stereocenters. The Morgan fingerprint density at radius 1 is 1.32 bits per heavy atom. The highest BCUT2D eigenvalue weighted by atomic mass is 32.2. The second-order valence-electron chi connectivity index (χ2n) is 5.12. The molecule has 108 valence electrons. The fourth-order valence-corrected chi connectivity index (χ4v) is 6.38. The van der Waals surface area contributed by atoms with Gasteiger partial charge < -0.3 is 0 Å². The molecule has 0 amide bonds. The Kier molecular flexibility index (Phi) is 6.09. The molecule has 1 aliphatic heterocycles. The van der Waals surface area contributed by atoms with Crippen molar-refractivity contribution in [2.45, 2.75) is 55.4 Å². The van der Waals surface area contributed by atoms with Gasteiger partial charge in [0.15, 0.2) is 0 Å². The first kappa shape index (κ1) is 15.7. The summed E-state index contributed by atoms with van der Waals surface area (Å²) in [6.45, 7) is 6.88. The van der Waals surface area contributed by atoms with Crippen molar-refractivity contribution >= 4 is 34.9 Å². The van der Waals surface area contributed by atoms with Crippen LogP contribution in [0.4, 0.5) is 0 Å². The molecule has 3 N–H and O–H groups in total. The number of hydrazine groups is 1. The molecule has 2 rings (SSSR count). The van der Waals surface area contributed by atoms with Crippen LogP contribution in [0.25, 0.3) is 0 Å². The Hall–Kier alpha value is 0.320. The van der Waals surface area contributed by atoms with E-state index in [2.05, 4.69) is 61.9 Å². The van der Waals surface area contributed by atoms with E-state index < -0.39 is 0 Å². The molecular formula is C14H24N2S3. The largest absolute Gasteiger partial charge is 0.271 e. The second-order valence-corrected chi connectivity index (χ2v) is 9.40. The number of thioether (sulfide) groups is 2. The lowest BCUT2D eigenvalue weighted by Gasteiger charge is -2.35. The molecule has 0 bridgehead atoms. The zero-order valence-corrected chi connectivity index (χ0v) is 14.3. The molecule has 1 aromatic rings. The first-order valence-electron chi connectivity index (χ1n) is 6.94. The van der Waals surface area contributed by atoms with Crippen molar-refractivity contribution < 1.29 is 0 Å². The number of nitrogens with two attached hydrogens (primary N) is 1. The number of rotatable bonds is 5. The summed E-state index contributed by atoms with van der Waals surface area (Å²) in [7, 11) is 0. The van der Waals surface area contributed by atoms with Crippen LogP contribution in [0.15, 0.2) is 12.1 Å². The molecule has 0 aliphatic carbocycles. The standard InChI is InChI=1S/C14H24N2S3/c1-4-11-5-6-12(19-11)7-13(16-15)14-8-17-9(2)10(3)18-14/h5-6,9-10,13-14,16H,4,7-8,15H2,1-3H3. The number of hydrogen-bond donors (Lipinski definition) is 2. The van der Waals surface area contributed by atoms with Gasteiger partial charge in [0.05, 0.1) is 0 Å². The molecule has 2 heterocycles. The molecule has 0 spiro atoms. The number of aryl methyl sites for hydroxylation is 1. The average Bonchev–Trinajstić information content (AvgIpc) is 2.87. The van der Waals surface area contributed by atoms with E-state index >= 15 is 0 Å². The number of hydrogen-bond acceptors (Lipinski definition) is 5. The van der Waals surface area contributed by atoms with Gasteiger partial charge in [-0.05, 0) is 25.0 Å². The molecule has 1 aromatic heterocycles. The van der Waals surface area contributed by atoms with E-state index in [1.54, 1.807) is 0 Å². The van der Waals surface area contributed by atoms with Gasteiger partial charge in [0, 0.05) is 37.3 Å². The van der Waals surface area contributed by atoms with Crippen LogP contribution in [0.1, 0.15) is 30.5 Å². The average molecular weight is 317 g/mol. The van der Waals surface area contributed by atoms with Crippen LogP contribution in [0, 0.1) is 0 Å². The fraction of sp³-hybridized carbons (Fsp3) is 0.714. The van der Waals surface area contributed by atoms with Crippen LogP contribution in [0.5, 0.6) is 0 Å². The fourth-order valence-electron chi connectivity index (χ4n) is 2.26. The first-order chi connectivity index (χ1) is 9.13. The molecular weight excluding hydrogens is 292 g/mol. The van der Waals surface area contributed by atoms with Gasteiger partial charge in [-0.2, -0.15) is 23.5 Å². The minimum Gasteiger partial charge on any atom is -0.271 e. The molecule has 1 aliphatic rings. The maximum Gasteiger partial charge on any atom is 0.0385 e. The van der Waals surface area contributed by atoms with Gasteiger partial charge in [0.25, 0.3) is 0 Å². The lowest BCUT2D eigenvalue weighted by molar-refractivity contribution is 0.524. The Bertz CT molecular complexity index is 394. The Labute approximate surface area is 129 Å². The molecule has 0 aromatic carbocycles. The molecule has 1 saturated heterocycles. The van der Waals surface area contributed by atoms with E-state index in [4.69, 9.17) is 5.84 Å². The Balaban J connectivity index is 1.96. The van der Waals surface area contributed by atoms with Crippen molar-refractivity contribution in [1.82, 2.24) is 5.43 Å². The first-order valence-corrected chi connectivity index (χ1v) is 9.75. The smallest absolute Gasteiger partial charge is 0.0385 e. The topological polar surface area (TPSA) is 38.0 Å². The summed E-state index contributed by atoms with van der Waals surface area (Å²) >= 11 is 6.12. The highest BCUT2D eigenvalue weighted by molar-refractivity contribution is 8.07. The molecule has 0 radical (unpaired) electrons. The monoisotopic (exact) mass is 316 g/mol. The summed E-state index contributed by atoms with van der Waals surface area (Å²) in [5.41, 5.74) is 3.06. The highest BCUT2D eigenvalue weighted by Crippen LogP contribution is 2.37. The third kappa shape index (κ3) is 4.14. The molecule has 5 heteroatoms. The normalized spacial score (nSPS) is 29.4. The van der Waals surface area contributed by atoms with Crippen molar-refractivity contribution in [1.29, 1.82) is 0 Å². The van der Waals surface area contributed by atoms with Crippen LogP contribution in [0.2, 0.25) is 0 Å². The van der Waals surface area contributed by atoms with Crippen molar-refractivity contribution in [2.75, 3.05) is 5.75 Å². The van der Waals surface area contributed by atoms with Crippen molar-refractivity contribution in [3.05, 3.63) is 21.9 Å². The van der Waals surface area contributed by atoms with E-state index in [-0.39, 0.29) is 0 Å². The summed E-state index contributed by atoms with van der Waals surface area (Å²) in [4.78, 5) is 2.93. The van der Waals surface area contributed by atoms with E-state index in [9.17, 15) is 0 Å². The van der Waals surface area contributed by atoms with Crippen LogP contribution in [-0.2, 0) is 12.8 Å². The summed E-state index contributed by atoms with van der Waals surface area (Å²) in [6, 6.07) is 4.90. The Morgan fingerprint density at radius 2 is 2.05 bits per heavy atom. The van der Waals surface area contributed by atoms with Gasteiger partial charge in [-0.25, -0.2) is 0 Å². The quantitative estimate of drug-likeness (QED) is 0.646. The van der Waals surface area contributed by atoms with Gasteiger partial charge in [-0.1, -0.05) is 20.8 Å². The predicted molar refractivity (Wildman–Crippen MR) is 91.3 cm³/mol. The molecule has 2 nitrogen and oxygen atoms in total. The molecule has 0 saturated carbocycles. The Morgan fingerprint density at radius 3 is 2.63 bits per heavy atom. The number of thiophene rings is 1. The summed E-state index contributed by atoms with van der Waals surface area (Å²) in [5.74, 6) is 7.01. The van der Waals surface area contributed by atoms with Crippen LogP contribution in [-0.4, -0.2) is 27.5 Å². The maximum absolute atomic E-state index is 5.80. The third-order valence-electron chi connectivity index (χ3n) is 3.72. The van der Waals surface area contributed by atoms with Crippen molar-refractivity contribution in [2.24, 2.45) is 5.84 Å². The van der Waals surface area contributed by atoms with Gasteiger partial charge >= 0.3 is 0 Å². The van der Waals surface area contributed by atoms with Crippen molar-refractivity contribution in [3.8, 4) is 0 Å². The van der Waals surface area contributed by atoms with Gasteiger partial charge in [0.2, 0.25) is 0 Å². The summed E-state index contributed by atoms with van der Waals surface area (Å²) < 4.78 is 0. The zero-order valence-electron chi connectivity index (χ0n) is 11.9. The SMILES string of the molecule is CCc1ccc(CC(NN)C2CSC(C)C(C)S2)s1. The molecule has 19 heavy (non-hydrogen) atoms. The van der Waals surface area contributed by atoms with Gasteiger partial charge in [-0.15, -0.1) is 11.3 Å².